The van der Waals surface area contributed by atoms with E-state index >= 15 is 0 Å². The molecule has 21 nitrogen and oxygen atoms in total. The fourth-order valence-electron chi connectivity index (χ4n) is 5.10. The van der Waals surface area contributed by atoms with Crippen LogP contribution >= 0.6 is 0 Å². The Balaban J connectivity index is 2.02. The van der Waals surface area contributed by atoms with E-state index < -0.39 is 105 Å². The predicted molar refractivity (Wildman–Crippen MR) is 208 cm³/mol. The van der Waals surface area contributed by atoms with Gasteiger partial charge in [0.15, 0.2) is 34.5 Å². The van der Waals surface area contributed by atoms with Crippen molar-refractivity contribution < 1.29 is 100.0 Å². The van der Waals surface area contributed by atoms with Gasteiger partial charge in [-0.05, 0) is 0 Å². The second-order valence-corrected chi connectivity index (χ2v) is 12.5. The lowest BCUT2D eigenvalue weighted by atomic mass is 10.2. The average molecular weight is 877 g/mol. The zero-order chi connectivity index (χ0) is 46.7. The van der Waals surface area contributed by atoms with Crippen molar-refractivity contribution in [2.24, 2.45) is 0 Å². The minimum absolute atomic E-state index is 0.211. The Morgan fingerprint density at radius 1 is 0.238 bits per heavy atom. The molecule has 0 spiro atoms. The summed E-state index contributed by atoms with van der Waals surface area (Å²) in [5.41, 5.74) is 0. The Morgan fingerprint density at radius 2 is 0.429 bits per heavy atom. The molecule has 4 rings (SSSR count). The van der Waals surface area contributed by atoms with Crippen LogP contribution < -0.4 is 56.8 Å². The molecule has 4 aromatic carbocycles. The molecule has 0 bridgehead atoms. The zero-order valence-electron chi connectivity index (χ0n) is 34.8. The summed E-state index contributed by atoms with van der Waals surface area (Å²) in [6.45, 7) is 9.48. The third-order valence-electron chi connectivity index (χ3n) is 6.80. The monoisotopic (exact) mass is 876 g/mol. The van der Waals surface area contributed by atoms with Crippen LogP contribution in [0.1, 0.15) is 62.3 Å². The normalized spacial score (nSPS) is 10.2. The highest BCUT2D eigenvalue weighted by atomic mass is 16.6. The molecule has 0 aliphatic rings. The van der Waals surface area contributed by atoms with E-state index in [1.54, 1.807) is 0 Å². The van der Waals surface area contributed by atoms with Gasteiger partial charge in [0.2, 0.25) is 17.2 Å². The number of carbonyl (C=O) groups is 9. The number of hydrogen-bond acceptors (Lipinski definition) is 21. The van der Waals surface area contributed by atoms with Crippen molar-refractivity contribution in [1.82, 2.24) is 0 Å². The van der Waals surface area contributed by atoms with E-state index in [0.29, 0.717) is 0 Å². The van der Waals surface area contributed by atoms with Gasteiger partial charge in [-0.25, -0.2) is 0 Å². The van der Waals surface area contributed by atoms with Crippen LogP contribution in [-0.2, 0) is 43.2 Å². The van der Waals surface area contributed by atoms with Gasteiger partial charge in [-0.15, -0.1) is 0 Å². The summed E-state index contributed by atoms with van der Waals surface area (Å²) in [6, 6.07) is 9.88. The molecule has 0 unspecified atom stereocenters. The molecule has 0 saturated carbocycles. The van der Waals surface area contributed by atoms with Crippen molar-refractivity contribution in [3.05, 3.63) is 54.6 Å². The Bertz CT molecular complexity index is 2460. The maximum atomic E-state index is 12.5. The van der Waals surface area contributed by atoms with Crippen LogP contribution in [0.15, 0.2) is 54.6 Å². The Hall–Kier alpha value is -8.49. The first-order valence-electron chi connectivity index (χ1n) is 17.9. The summed E-state index contributed by atoms with van der Waals surface area (Å²) in [4.78, 5) is 109. The van der Waals surface area contributed by atoms with Gasteiger partial charge in [0.1, 0.15) is 34.5 Å². The highest BCUT2D eigenvalue weighted by Crippen LogP contribution is 2.52. The predicted octanol–water partition coefficient (Wildman–Crippen LogP) is 6.39. The maximum Gasteiger partial charge on any atom is 0.308 e. The molecule has 330 valence electrons. The molecule has 4 aromatic rings. The molecular formula is C42H36O21. The number of ether oxygens (including phenoxy) is 12. The minimum Gasteiger partial charge on any atom is -0.449 e. The first-order chi connectivity index (χ1) is 29.5. The van der Waals surface area contributed by atoms with Gasteiger partial charge >= 0.3 is 53.7 Å². The molecule has 0 aliphatic heterocycles. The van der Waals surface area contributed by atoms with Gasteiger partial charge in [-0.1, -0.05) is 0 Å². The van der Waals surface area contributed by atoms with Crippen LogP contribution in [0.3, 0.4) is 0 Å². The first-order valence-corrected chi connectivity index (χ1v) is 17.9. The van der Waals surface area contributed by atoms with Gasteiger partial charge in [0, 0.05) is 117 Å². The summed E-state index contributed by atoms with van der Waals surface area (Å²) in [5.74, 6) is -13.5. The summed E-state index contributed by atoms with van der Waals surface area (Å²) in [7, 11) is 0. The van der Waals surface area contributed by atoms with Crippen molar-refractivity contribution in [1.29, 1.82) is 0 Å². The summed E-state index contributed by atoms with van der Waals surface area (Å²) < 4.78 is 65.9. The highest BCUT2D eigenvalue weighted by molar-refractivity contribution is 5.79. The van der Waals surface area contributed by atoms with E-state index in [-0.39, 0.29) is 34.5 Å². The first kappa shape index (κ1) is 47.2. The molecule has 0 atom stereocenters. The molecule has 0 radical (unpaired) electrons. The van der Waals surface area contributed by atoms with E-state index in [1.165, 1.54) is 6.07 Å². The van der Waals surface area contributed by atoms with Gasteiger partial charge in [0.05, 0.1) is 0 Å². The Labute approximate surface area is 356 Å². The number of rotatable bonds is 15. The van der Waals surface area contributed by atoms with Gasteiger partial charge in [-0.3, -0.25) is 43.2 Å². The molecule has 0 aliphatic carbocycles. The minimum atomic E-state index is -0.927. The summed E-state index contributed by atoms with van der Waals surface area (Å²) in [6.07, 6.45) is 0. The van der Waals surface area contributed by atoms with Crippen molar-refractivity contribution in [3.63, 3.8) is 0 Å². The second-order valence-electron chi connectivity index (χ2n) is 12.5. The van der Waals surface area contributed by atoms with Crippen LogP contribution in [0.4, 0.5) is 0 Å². The highest BCUT2D eigenvalue weighted by Gasteiger charge is 2.27. The molecule has 21 heteroatoms. The molecule has 63 heavy (non-hydrogen) atoms. The van der Waals surface area contributed by atoms with E-state index in [1.807, 2.05) is 0 Å². The second kappa shape index (κ2) is 20.7. The third kappa shape index (κ3) is 14.3. The van der Waals surface area contributed by atoms with Crippen LogP contribution in [-0.4, -0.2) is 53.7 Å². The third-order valence-corrected chi connectivity index (χ3v) is 6.80. The molecule has 0 N–H and O–H groups in total. The number of benzene rings is 4. The van der Waals surface area contributed by atoms with E-state index in [0.717, 1.165) is 111 Å². The van der Waals surface area contributed by atoms with E-state index in [2.05, 4.69) is 0 Å². The van der Waals surface area contributed by atoms with Gasteiger partial charge in [-0.2, -0.15) is 0 Å². The van der Waals surface area contributed by atoms with Crippen molar-refractivity contribution in [3.8, 4) is 86.2 Å². The topological polar surface area (TPSA) is 264 Å². The lowest BCUT2D eigenvalue weighted by Crippen LogP contribution is -2.10. The van der Waals surface area contributed by atoms with Crippen molar-refractivity contribution in [2.75, 3.05) is 0 Å². The quantitative estimate of drug-likeness (QED) is 0.0924. The molecule has 0 aromatic heterocycles. The lowest BCUT2D eigenvalue weighted by molar-refractivity contribution is -0.133. The molecule has 0 heterocycles. The fourth-order valence-corrected chi connectivity index (χ4v) is 5.10. The van der Waals surface area contributed by atoms with Gasteiger partial charge < -0.3 is 56.8 Å². The molecule has 0 saturated heterocycles. The standard InChI is InChI=1S/C42H36O21/c1-19(43)52-28-10-29(61-40-34(56-23(5)47)13-31(53-20(2)44)14-35(40)57-24(6)48)12-30(11-28)62-41-36(58-25(7)49)15-33(55-22(4)46)18-39(41)63-42-37(59-26(8)50)16-32(54-21(3)45)17-38(42)60-27(9)51/h10-18H,1-9H3. The number of hydrogen-bond donors (Lipinski definition) is 0. The average Bonchev–Trinajstić information content (AvgIpc) is 3.10. The van der Waals surface area contributed by atoms with Crippen LogP contribution in [0.5, 0.6) is 86.2 Å². The maximum absolute atomic E-state index is 12.5. The molecular weight excluding hydrogens is 840 g/mol. The SMILES string of the molecule is CC(=O)Oc1cc(Oc2c(OC(C)=O)cc(OC(C)=O)cc2OC(C)=O)cc(Oc2c(OC(C)=O)cc(OC(C)=O)cc2Oc2c(OC(C)=O)cc(OC(C)=O)cc2OC(C)=O)c1. The Morgan fingerprint density at radius 3 is 0.683 bits per heavy atom. The van der Waals surface area contributed by atoms with Crippen molar-refractivity contribution in [2.45, 2.75) is 62.3 Å². The largest absolute Gasteiger partial charge is 0.449 e. The number of carbonyl (C=O) groups excluding carboxylic acids is 9. The number of esters is 9. The fraction of sp³-hybridized carbons (Fsp3) is 0.214. The smallest absolute Gasteiger partial charge is 0.308 e. The van der Waals surface area contributed by atoms with Crippen LogP contribution in [0, 0.1) is 0 Å². The lowest BCUT2D eigenvalue weighted by Gasteiger charge is -2.20. The summed E-state index contributed by atoms with van der Waals surface area (Å²) >= 11 is 0. The molecule has 0 fully saturated rings. The zero-order valence-corrected chi connectivity index (χ0v) is 34.8. The van der Waals surface area contributed by atoms with E-state index in [4.69, 9.17) is 56.8 Å². The van der Waals surface area contributed by atoms with Crippen molar-refractivity contribution >= 4 is 53.7 Å². The van der Waals surface area contributed by atoms with Crippen LogP contribution in [0.25, 0.3) is 0 Å². The summed E-state index contributed by atoms with van der Waals surface area (Å²) in [5, 5.41) is 0. The Kier molecular flexibility index (Phi) is 15.5. The van der Waals surface area contributed by atoms with Crippen LogP contribution in [0.2, 0.25) is 0 Å². The van der Waals surface area contributed by atoms with Gasteiger partial charge in [0.25, 0.3) is 0 Å². The molecule has 0 amide bonds. The van der Waals surface area contributed by atoms with E-state index in [9.17, 15) is 43.2 Å².